The number of sulfonamides is 1. The van der Waals surface area contributed by atoms with Gasteiger partial charge >= 0.3 is 0 Å². The van der Waals surface area contributed by atoms with Gasteiger partial charge < -0.3 is 10.1 Å². The number of nitrogens with zero attached hydrogens (tertiary/aromatic N) is 3. The first-order valence-corrected chi connectivity index (χ1v) is 13.4. The molecule has 1 unspecified atom stereocenters. The Morgan fingerprint density at radius 1 is 1.24 bits per heavy atom. The Morgan fingerprint density at radius 2 is 2.09 bits per heavy atom. The number of para-hydroxylation sites is 1. The van der Waals surface area contributed by atoms with E-state index in [0.717, 1.165) is 21.4 Å². The number of pyridine rings is 1. The maximum atomic E-state index is 13.5. The molecule has 0 saturated carbocycles. The summed E-state index contributed by atoms with van der Waals surface area (Å²) in [6.07, 6.45) is 2.81. The average Bonchev–Trinajstić information content (AvgIpc) is 3.25. The molecule has 4 aromatic rings. The second-order valence-electron chi connectivity index (χ2n) is 8.10. The average molecular weight is 497 g/mol. The lowest BCUT2D eigenvalue weighted by Crippen LogP contribution is -2.43. The number of piperidine rings is 1. The minimum absolute atomic E-state index is 0.122. The molecule has 176 valence electrons. The predicted molar refractivity (Wildman–Crippen MR) is 133 cm³/mol. The van der Waals surface area contributed by atoms with Crippen LogP contribution >= 0.6 is 11.3 Å². The Kier molecular flexibility index (Phi) is 6.20. The summed E-state index contributed by atoms with van der Waals surface area (Å²) in [7, 11) is -3.79. The summed E-state index contributed by atoms with van der Waals surface area (Å²) in [5, 5.41) is 4.14. The fraction of sp³-hybridized carbons (Fsp3) is 0.292. The lowest BCUT2D eigenvalue weighted by atomic mass is 9.99. The Hall–Kier alpha value is -3.08. The second-order valence-corrected chi connectivity index (χ2v) is 11.0. The van der Waals surface area contributed by atoms with Crippen molar-refractivity contribution in [1.82, 2.24) is 14.3 Å². The molecular weight excluding hydrogens is 472 g/mol. The zero-order chi connectivity index (χ0) is 23.7. The van der Waals surface area contributed by atoms with E-state index in [1.165, 1.54) is 15.6 Å². The van der Waals surface area contributed by atoms with Crippen LogP contribution in [0.1, 0.15) is 19.8 Å². The molecule has 2 aromatic heterocycles. The first kappa shape index (κ1) is 22.7. The molecule has 10 heteroatoms. The van der Waals surface area contributed by atoms with E-state index in [2.05, 4.69) is 15.3 Å². The topological polar surface area (TPSA) is 101 Å². The van der Waals surface area contributed by atoms with Gasteiger partial charge in [0.2, 0.25) is 15.9 Å². The number of carbonyl (C=O) groups is 1. The van der Waals surface area contributed by atoms with Gasteiger partial charge in [-0.2, -0.15) is 4.31 Å². The maximum Gasteiger partial charge on any atom is 0.245 e. The standard InChI is InChI=1S/C24H24N4O4S2/c1-2-32-18-10-11-19-20(14-18)33-24(26-19)27-23(29)17-8-5-13-28(15-17)34(30,31)21-9-3-6-16-7-4-12-25-22(16)21/h3-4,6-7,9-12,14,17H,2,5,8,13,15H2,1H3,(H,26,27,29). The monoisotopic (exact) mass is 496 g/mol. The van der Waals surface area contributed by atoms with Crippen LogP contribution in [0.4, 0.5) is 5.13 Å². The molecule has 3 heterocycles. The lowest BCUT2D eigenvalue weighted by Gasteiger charge is -2.31. The number of thiazole rings is 1. The molecule has 1 fully saturated rings. The largest absolute Gasteiger partial charge is 0.494 e. The third-order valence-electron chi connectivity index (χ3n) is 5.87. The van der Waals surface area contributed by atoms with E-state index in [4.69, 9.17) is 4.74 Å². The van der Waals surface area contributed by atoms with E-state index >= 15 is 0 Å². The molecule has 0 radical (unpaired) electrons. The fourth-order valence-corrected chi connectivity index (χ4v) is 6.81. The summed E-state index contributed by atoms with van der Waals surface area (Å²) in [5.41, 5.74) is 1.22. The van der Waals surface area contributed by atoms with Crippen molar-refractivity contribution in [2.45, 2.75) is 24.7 Å². The fourth-order valence-electron chi connectivity index (χ4n) is 4.22. The molecule has 34 heavy (non-hydrogen) atoms. The van der Waals surface area contributed by atoms with E-state index < -0.39 is 15.9 Å². The van der Waals surface area contributed by atoms with Crippen molar-refractivity contribution in [2.75, 3.05) is 25.0 Å². The summed E-state index contributed by atoms with van der Waals surface area (Å²) < 4.78 is 34.8. The molecule has 1 saturated heterocycles. The molecule has 1 amide bonds. The third kappa shape index (κ3) is 4.36. The van der Waals surface area contributed by atoms with Crippen molar-refractivity contribution >= 4 is 53.5 Å². The number of hydrogen-bond acceptors (Lipinski definition) is 7. The van der Waals surface area contributed by atoms with Crippen LogP contribution in [0.3, 0.4) is 0 Å². The summed E-state index contributed by atoms with van der Waals surface area (Å²) in [6, 6.07) is 14.4. The van der Waals surface area contributed by atoms with E-state index in [9.17, 15) is 13.2 Å². The molecule has 0 bridgehead atoms. The lowest BCUT2D eigenvalue weighted by molar-refractivity contribution is -0.120. The van der Waals surface area contributed by atoms with Gasteiger partial charge in [0.05, 0.1) is 28.3 Å². The van der Waals surface area contributed by atoms with Crippen molar-refractivity contribution in [2.24, 2.45) is 5.92 Å². The quantitative estimate of drug-likeness (QED) is 0.428. The number of nitrogens with one attached hydrogen (secondary N) is 1. The zero-order valence-corrected chi connectivity index (χ0v) is 20.2. The molecule has 5 rings (SSSR count). The minimum Gasteiger partial charge on any atom is -0.494 e. The molecule has 1 aliphatic rings. The van der Waals surface area contributed by atoms with Gasteiger partial charge in [0.1, 0.15) is 10.6 Å². The van der Waals surface area contributed by atoms with Gasteiger partial charge in [0, 0.05) is 24.7 Å². The Balaban J connectivity index is 1.34. The van der Waals surface area contributed by atoms with Crippen LogP contribution in [0, 0.1) is 5.92 Å². The van der Waals surface area contributed by atoms with Crippen molar-refractivity contribution < 1.29 is 17.9 Å². The van der Waals surface area contributed by atoms with Gasteiger partial charge in [-0.25, -0.2) is 13.4 Å². The van der Waals surface area contributed by atoms with Crippen LogP contribution in [0.25, 0.3) is 21.1 Å². The Labute approximate surface area is 201 Å². The van der Waals surface area contributed by atoms with E-state index in [-0.39, 0.29) is 17.3 Å². The highest BCUT2D eigenvalue weighted by Gasteiger charge is 2.34. The summed E-state index contributed by atoms with van der Waals surface area (Å²) in [6.45, 7) is 2.99. The number of fused-ring (bicyclic) bond motifs is 2. The SMILES string of the molecule is CCOc1ccc2nc(NC(=O)C3CCCN(S(=O)(=O)c4cccc5cccnc45)C3)sc2c1. The molecule has 1 atom stereocenters. The van der Waals surface area contributed by atoms with Crippen LogP contribution in [-0.2, 0) is 14.8 Å². The van der Waals surface area contributed by atoms with Crippen molar-refractivity contribution in [1.29, 1.82) is 0 Å². The van der Waals surface area contributed by atoms with E-state index in [0.29, 0.717) is 36.6 Å². The first-order chi connectivity index (χ1) is 16.5. The predicted octanol–water partition coefficient (Wildman–Crippen LogP) is 4.28. The highest BCUT2D eigenvalue weighted by atomic mass is 32.2. The molecule has 8 nitrogen and oxygen atoms in total. The Morgan fingerprint density at radius 3 is 2.94 bits per heavy atom. The van der Waals surface area contributed by atoms with Gasteiger partial charge in [0.25, 0.3) is 0 Å². The summed E-state index contributed by atoms with van der Waals surface area (Å²) >= 11 is 1.37. The van der Waals surface area contributed by atoms with Gasteiger partial charge in [0.15, 0.2) is 5.13 Å². The van der Waals surface area contributed by atoms with E-state index in [1.54, 1.807) is 24.4 Å². The van der Waals surface area contributed by atoms with Crippen molar-refractivity contribution in [3.63, 3.8) is 0 Å². The molecule has 1 aliphatic heterocycles. The van der Waals surface area contributed by atoms with Crippen molar-refractivity contribution in [3.8, 4) is 5.75 Å². The van der Waals surface area contributed by atoms with Crippen LogP contribution in [-0.4, -0.2) is 48.3 Å². The van der Waals surface area contributed by atoms with Crippen LogP contribution in [0.2, 0.25) is 0 Å². The van der Waals surface area contributed by atoms with Gasteiger partial charge in [-0.3, -0.25) is 9.78 Å². The Bertz CT molecular complexity index is 1460. The molecule has 1 N–H and O–H groups in total. The zero-order valence-electron chi connectivity index (χ0n) is 18.6. The molecule has 0 aliphatic carbocycles. The minimum atomic E-state index is -3.79. The first-order valence-electron chi connectivity index (χ1n) is 11.1. The summed E-state index contributed by atoms with van der Waals surface area (Å²) in [4.78, 5) is 22.0. The highest BCUT2D eigenvalue weighted by Crippen LogP contribution is 2.31. The normalized spacial score (nSPS) is 17.1. The van der Waals surface area contributed by atoms with Crippen molar-refractivity contribution in [3.05, 3.63) is 54.7 Å². The number of carbonyl (C=O) groups excluding carboxylic acids is 1. The highest BCUT2D eigenvalue weighted by molar-refractivity contribution is 7.89. The molecular formula is C24H24N4O4S2. The van der Waals surface area contributed by atoms with Crippen LogP contribution in [0.5, 0.6) is 5.75 Å². The second kappa shape index (κ2) is 9.28. The number of rotatable bonds is 6. The number of amides is 1. The number of ether oxygens (including phenoxy) is 1. The van der Waals surface area contributed by atoms with E-state index in [1.807, 2.05) is 37.3 Å². The number of benzene rings is 2. The number of hydrogen-bond donors (Lipinski definition) is 1. The maximum absolute atomic E-state index is 13.5. The van der Waals surface area contributed by atoms with Crippen LogP contribution in [0.15, 0.2) is 59.6 Å². The van der Waals surface area contributed by atoms with Crippen LogP contribution < -0.4 is 10.1 Å². The van der Waals surface area contributed by atoms with Gasteiger partial charge in [-0.1, -0.05) is 29.5 Å². The van der Waals surface area contributed by atoms with Gasteiger partial charge in [-0.15, -0.1) is 0 Å². The number of anilines is 1. The smallest absolute Gasteiger partial charge is 0.245 e. The molecule has 0 spiro atoms. The number of aromatic nitrogens is 2. The third-order valence-corrected chi connectivity index (χ3v) is 8.70. The van der Waals surface area contributed by atoms with Gasteiger partial charge in [-0.05, 0) is 50.1 Å². The molecule has 2 aromatic carbocycles. The summed E-state index contributed by atoms with van der Waals surface area (Å²) in [5.74, 6) is 0.0741.